The molecular formula is C15H23N5O. The Morgan fingerprint density at radius 2 is 1.81 bits per heavy atom. The highest BCUT2D eigenvalue weighted by molar-refractivity contribution is 5.47. The SMILES string of the molecule is CCCNc1cc(NCc2cc(C)on2)nc(CCC)n1. The number of nitrogens with zero attached hydrogens (tertiary/aromatic N) is 3. The molecule has 0 aliphatic carbocycles. The lowest BCUT2D eigenvalue weighted by Gasteiger charge is -2.10. The average Bonchev–Trinajstić information content (AvgIpc) is 2.89. The number of aryl methyl sites for hydroxylation is 2. The molecule has 0 aromatic carbocycles. The Hall–Kier alpha value is -2.11. The monoisotopic (exact) mass is 289 g/mol. The highest BCUT2D eigenvalue weighted by Gasteiger charge is 2.05. The molecular weight excluding hydrogens is 266 g/mol. The second kappa shape index (κ2) is 7.61. The summed E-state index contributed by atoms with van der Waals surface area (Å²) in [6.45, 7) is 7.64. The average molecular weight is 289 g/mol. The van der Waals surface area contributed by atoms with Crippen LogP contribution in [-0.2, 0) is 13.0 Å². The number of hydrogen-bond donors (Lipinski definition) is 2. The maximum atomic E-state index is 5.06. The minimum atomic E-state index is 0.590. The third-order valence-corrected chi connectivity index (χ3v) is 2.93. The summed E-state index contributed by atoms with van der Waals surface area (Å²) >= 11 is 0. The van der Waals surface area contributed by atoms with Crippen LogP contribution in [0.25, 0.3) is 0 Å². The van der Waals surface area contributed by atoms with Gasteiger partial charge in [0.05, 0.1) is 6.54 Å². The van der Waals surface area contributed by atoms with Gasteiger partial charge >= 0.3 is 0 Å². The second-order valence-corrected chi connectivity index (χ2v) is 5.01. The van der Waals surface area contributed by atoms with E-state index < -0.39 is 0 Å². The third-order valence-electron chi connectivity index (χ3n) is 2.93. The molecule has 0 radical (unpaired) electrons. The van der Waals surface area contributed by atoms with Crippen molar-refractivity contribution in [1.29, 1.82) is 0 Å². The van der Waals surface area contributed by atoms with E-state index in [-0.39, 0.29) is 0 Å². The number of aromatic nitrogens is 3. The highest BCUT2D eigenvalue weighted by atomic mass is 16.5. The van der Waals surface area contributed by atoms with Crippen LogP contribution in [0.3, 0.4) is 0 Å². The summed E-state index contributed by atoms with van der Waals surface area (Å²) < 4.78 is 5.06. The van der Waals surface area contributed by atoms with Crippen LogP contribution in [0.15, 0.2) is 16.7 Å². The van der Waals surface area contributed by atoms with Crippen molar-refractivity contribution in [2.75, 3.05) is 17.2 Å². The van der Waals surface area contributed by atoms with Crippen molar-refractivity contribution in [1.82, 2.24) is 15.1 Å². The van der Waals surface area contributed by atoms with Crippen molar-refractivity contribution < 1.29 is 4.52 Å². The summed E-state index contributed by atoms with van der Waals surface area (Å²) in [6, 6.07) is 3.85. The van der Waals surface area contributed by atoms with E-state index in [0.717, 1.165) is 54.7 Å². The summed E-state index contributed by atoms with van der Waals surface area (Å²) in [4.78, 5) is 9.06. The molecule has 0 saturated heterocycles. The van der Waals surface area contributed by atoms with Crippen molar-refractivity contribution in [3.63, 3.8) is 0 Å². The smallest absolute Gasteiger partial charge is 0.133 e. The second-order valence-electron chi connectivity index (χ2n) is 5.01. The number of hydrogen-bond acceptors (Lipinski definition) is 6. The lowest BCUT2D eigenvalue weighted by Crippen LogP contribution is -2.09. The zero-order valence-electron chi connectivity index (χ0n) is 12.9. The summed E-state index contributed by atoms with van der Waals surface area (Å²) in [7, 11) is 0. The van der Waals surface area contributed by atoms with E-state index >= 15 is 0 Å². The Morgan fingerprint density at radius 1 is 1.05 bits per heavy atom. The maximum Gasteiger partial charge on any atom is 0.133 e. The van der Waals surface area contributed by atoms with Gasteiger partial charge in [-0.05, 0) is 19.8 Å². The quantitative estimate of drug-likeness (QED) is 0.777. The van der Waals surface area contributed by atoms with Crippen molar-refractivity contribution >= 4 is 11.6 Å². The van der Waals surface area contributed by atoms with Crippen LogP contribution < -0.4 is 10.6 Å². The Bertz CT molecular complexity index is 567. The molecule has 0 aliphatic heterocycles. The van der Waals surface area contributed by atoms with E-state index in [1.165, 1.54) is 0 Å². The van der Waals surface area contributed by atoms with Crippen LogP contribution in [0.4, 0.5) is 11.6 Å². The van der Waals surface area contributed by atoms with E-state index in [1.807, 2.05) is 19.1 Å². The molecule has 0 aliphatic rings. The van der Waals surface area contributed by atoms with Gasteiger partial charge in [-0.15, -0.1) is 0 Å². The predicted molar refractivity (Wildman–Crippen MR) is 83.4 cm³/mol. The van der Waals surface area contributed by atoms with Gasteiger partial charge in [-0.2, -0.15) is 0 Å². The predicted octanol–water partition coefficient (Wildman–Crippen LogP) is 3.16. The fraction of sp³-hybridized carbons (Fsp3) is 0.533. The molecule has 0 spiro atoms. The van der Waals surface area contributed by atoms with Gasteiger partial charge in [0.25, 0.3) is 0 Å². The van der Waals surface area contributed by atoms with E-state index in [2.05, 4.69) is 39.6 Å². The molecule has 2 aromatic heterocycles. The lowest BCUT2D eigenvalue weighted by molar-refractivity contribution is 0.391. The summed E-state index contributed by atoms with van der Waals surface area (Å²) in [5, 5.41) is 10.6. The van der Waals surface area contributed by atoms with Gasteiger partial charge in [0.2, 0.25) is 0 Å². The summed E-state index contributed by atoms with van der Waals surface area (Å²) in [6.07, 6.45) is 2.96. The van der Waals surface area contributed by atoms with Crippen LogP contribution >= 0.6 is 0 Å². The summed E-state index contributed by atoms with van der Waals surface area (Å²) in [5.74, 6) is 3.35. The van der Waals surface area contributed by atoms with Crippen LogP contribution in [0, 0.1) is 6.92 Å². The number of rotatable bonds is 8. The molecule has 21 heavy (non-hydrogen) atoms. The minimum Gasteiger partial charge on any atom is -0.370 e. The molecule has 0 unspecified atom stereocenters. The standard InChI is InChI=1S/C15H23N5O/c1-4-6-13-18-14(16-7-5-2)9-15(19-13)17-10-12-8-11(3)21-20-12/h8-9H,4-7,10H2,1-3H3,(H2,16,17,18,19). The van der Waals surface area contributed by atoms with E-state index in [9.17, 15) is 0 Å². The molecule has 0 fully saturated rings. The van der Waals surface area contributed by atoms with Crippen LogP contribution in [-0.4, -0.2) is 21.7 Å². The highest BCUT2D eigenvalue weighted by Crippen LogP contribution is 2.14. The fourth-order valence-electron chi connectivity index (χ4n) is 1.95. The Labute approximate surface area is 125 Å². The zero-order chi connectivity index (χ0) is 15.1. The van der Waals surface area contributed by atoms with Gasteiger partial charge in [0, 0.05) is 25.1 Å². The maximum absolute atomic E-state index is 5.06. The molecule has 6 nitrogen and oxygen atoms in total. The van der Waals surface area contributed by atoms with Crippen molar-refractivity contribution in [3.05, 3.63) is 29.4 Å². The minimum absolute atomic E-state index is 0.590. The van der Waals surface area contributed by atoms with Gasteiger partial charge in [-0.1, -0.05) is 19.0 Å². The number of nitrogens with one attached hydrogen (secondary N) is 2. The first kappa shape index (κ1) is 15.3. The Morgan fingerprint density at radius 3 is 2.43 bits per heavy atom. The molecule has 114 valence electrons. The normalized spacial score (nSPS) is 10.6. The zero-order valence-corrected chi connectivity index (χ0v) is 12.9. The van der Waals surface area contributed by atoms with Crippen LogP contribution in [0.2, 0.25) is 0 Å². The molecule has 0 saturated carbocycles. The van der Waals surface area contributed by atoms with E-state index in [1.54, 1.807) is 0 Å². The van der Waals surface area contributed by atoms with E-state index in [4.69, 9.17) is 4.52 Å². The fourth-order valence-corrected chi connectivity index (χ4v) is 1.95. The van der Waals surface area contributed by atoms with Crippen LogP contribution in [0.5, 0.6) is 0 Å². The first-order valence-corrected chi connectivity index (χ1v) is 7.49. The van der Waals surface area contributed by atoms with Crippen LogP contribution in [0.1, 0.15) is 44.0 Å². The van der Waals surface area contributed by atoms with Crippen molar-refractivity contribution in [2.45, 2.75) is 46.6 Å². The molecule has 0 bridgehead atoms. The number of anilines is 2. The molecule has 0 amide bonds. The first-order chi connectivity index (χ1) is 10.2. The topological polar surface area (TPSA) is 75.9 Å². The van der Waals surface area contributed by atoms with Gasteiger partial charge in [0.1, 0.15) is 28.9 Å². The molecule has 2 aromatic rings. The van der Waals surface area contributed by atoms with Gasteiger partial charge < -0.3 is 15.2 Å². The van der Waals surface area contributed by atoms with Gasteiger partial charge in [-0.25, -0.2) is 9.97 Å². The first-order valence-electron chi connectivity index (χ1n) is 7.49. The van der Waals surface area contributed by atoms with Crippen molar-refractivity contribution in [2.24, 2.45) is 0 Å². The molecule has 2 heterocycles. The lowest BCUT2D eigenvalue weighted by atomic mass is 10.3. The molecule has 6 heteroatoms. The Kier molecular flexibility index (Phi) is 5.54. The molecule has 0 atom stereocenters. The molecule has 2 rings (SSSR count). The summed E-state index contributed by atoms with van der Waals surface area (Å²) in [5.41, 5.74) is 0.867. The van der Waals surface area contributed by atoms with Gasteiger partial charge in [0.15, 0.2) is 0 Å². The molecule has 2 N–H and O–H groups in total. The Balaban J connectivity index is 2.07. The third kappa shape index (κ3) is 4.73. The van der Waals surface area contributed by atoms with E-state index in [0.29, 0.717) is 6.54 Å². The van der Waals surface area contributed by atoms with Crippen molar-refractivity contribution in [3.8, 4) is 0 Å². The van der Waals surface area contributed by atoms with Gasteiger partial charge in [-0.3, -0.25) is 0 Å². The largest absolute Gasteiger partial charge is 0.370 e.